The summed E-state index contributed by atoms with van der Waals surface area (Å²) in [6.07, 6.45) is 1.68. The Morgan fingerprint density at radius 2 is 1.47 bits per heavy atom. The Labute approximate surface area is 357 Å². The summed E-state index contributed by atoms with van der Waals surface area (Å²) in [7, 11) is 1.43. The Hall–Kier alpha value is -5.26. The van der Waals surface area contributed by atoms with Crippen molar-refractivity contribution in [3.8, 4) is 11.8 Å². The molecule has 0 aliphatic carbocycles. The molecule has 10 heteroatoms. The number of ether oxygens (including phenoxy) is 2. The summed E-state index contributed by atoms with van der Waals surface area (Å²) in [5.41, 5.74) is 4.53. The summed E-state index contributed by atoms with van der Waals surface area (Å²) < 4.78 is 20.2. The van der Waals surface area contributed by atoms with Crippen LogP contribution >= 0.6 is 0 Å². The number of likely N-dealkylation sites (N-methyl/N-ethyl adjacent to an activating group) is 1. The summed E-state index contributed by atoms with van der Waals surface area (Å²) in [5.74, 6) is 1.86. The van der Waals surface area contributed by atoms with E-state index in [1.54, 1.807) is 0 Å². The molecule has 5 aromatic carbocycles. The minimum Gasteiger partial charge on any atom is -0.489 e. The van der Waals surface area contributed by atoms with Gasteiger partial charge in [-0.15, -0.1) is 0 Å². The minimum atomic E-state index is -2.68. The zero-order valence-electron chi connectivity index (χ0n) is 35.9. The van der Waals surface area contributed by atoms with Gasteiger partial charge >= 0.3 is 6.01 Å². The van der Waals surface area contributed by atoms with Gasteiger partial charge in [0.1, 0.15) is 24.8 Å². The van der Waals surface area contributed by atoms with Gasteiger partial charge in [0.05, 0.1) is 12.2 Å². The number of anilines is 2. The van der Waals surface area contributed by atoms with Gasteiger partial charge in [-0.3, -0.25) is 0 Å². The lowest BCUT2D eigenvalue weighted by molar-refractivity contribution is 0.244. The second-order valence-electron chi connectivity index (χ2n) is 17.4. The maximum absolute atomic E-state index is 7.42. The van der Waals surface area contributed by atoms with Crippen molar-refractivity contribution < 1.29 is 13.9 Å². The number of piperazine rings is 1. The third-order valence-corrected chi connectivity index (χ3v) is 17.0. The molecule has 8 rings (SSSR count). The third-order valence-electron chi connectivity index (χ3n) is 12.0. The smallest absolute Gasteiger partial charge is 0.318 e. The van der Waals surface area contributed by atoms with Crippen LogP contribution in [-0.4, -0.2) is 89.3 Å². The molecule has 1 fully saturated rings. The highest BCUT2D eigenvalue weighted by molar-refractivity contribution is 6.99. The zero-order chi connectivity index (χ0) is 41.5. The molecule has 9 nitrogen and oxygen atoms in total. The molecule has 2 aliphatic heterocycles. The van der Waals surface area contributed by atoms with Gasteiger partial charge in [0.15, 0.2) is 0 Å². The first-order valence-corrected chi connectivity index (χ1v) is 23.4. The summed E-state index contributed by atoms with van der Waals surface area (Å²) >= 11 is 0. The van der Waals surface area contributed by atoms with Crippen molar-refractivity contribution in [2.75, 3.05) is 69.8 Å². The van der Waals surface area contributed by atoms with Crippen molar-refractivity contribution in [2.24, 2.45) is 0 Å². The molecule has 6 aromatic rings. The molecule has 1 N–H and O–H groups in total. The van der Waals surface area contributed by atoms with Crippen molar-refractivity contribution in [2.45, 2.75) is 57.8 Å². The van der Waals surface area contributed by atoms with Gasteiger partial charge in [0, 0.05) is 68.1 Å². The largest absolute Gasteiger partial charge is 0.489 e. The Morgan fingerprint density at radius 3 is 2.17 bits per heavy atom. The highest BCUT2D eigenvalue weighted by Gasteiger charge is 2.50. The Balaban J connectivity index is 1.09. The third kappa shape index (κ3) is 9.07. The van der Waals surface area contributed by atoms with E-state index in [0.29, 0.717) is 32.4 Å². The average Bonchev–Trinajstić information content (AvgIpc) is 3.27. The number of aromatic nitrogens is 2. The van der Waals surface area contributed by atoms with Crippen molar-refractivity contribution in [1.82, 2.24) is 20.2 Å². The fraction of sp³-hybridized carbons (Fsp3) is 0.360. The number of hydrogen-bond donors (Lipinski definition) is 1. The number of hydrogen-bond acceptors (Lipinski definition) is 9. The molecule has 0 amide bonds. The van der Waals surface area contributed by atoms with Gasteiger partial charge in [0.2, 0.25) is 0 Å². The molecule has 1 aromatic heterocycles. The Morgan fingerprint density at radius 1 is 0.783 bits per heavy atom. The number of nitrogens with zero attached hydrogens (tertiary/aromatic N) is 5. The van der Waals surface area contributed by atoms with Crippen molar-refractivity contribution in [1.29, 1.82) is 0 Å². The van der Waals surface area contributed by atoms with Crippen LogP contribution in [0.4, 0.5) is 11.5 Å². The van der Waals surface area contributed by atoms with Crippen molar-refractivity contribution in [3.05, 3.63) is 144 Å². The van der Waals surface area contributed by atoms with E-state index in [1.807, 2.05) is 6.07 Å². The van der Waals surface area contributed by atoms with Gasteiger partial charge in [-0.2, -0.15) is 9.97 Å². The lowest BCUT2D eigenvalue weighted by Gasteiger charge is -2.44. The second-order valence-corrected chi connectivity index (χ2v) is 21.7. The molecule has 0 radical (unpaired) electrons. The van der Waals surface area contributed by atoms with E-state index in [-0.39, 0.29) is 11.1 Å². The van der Waals surface area contributed by atoms with Crippen molar-refractivity contribution >= 4 is 41.0 Å². The van der Waals surface area contributed by atoms with Gasteiger partial charge in [-0.05, 0) is 59.4 Å². The zero-order valence-corrected chi connectivity index (χ0v) is 36.9. The van der Waals surface area contributed by atoms with Crippen LogP contribution in [-0.2, 0) is 24.0 Å². The molecule has 1 atom stereocenters. The highest BCUT2D eigenvalue weighted by atomic mass is 28.4. The van der Waals surface area contributed by atoms with Crippen LogP contribution < -0.4 is 35.0 Å². The van der Waals surface area contributed by atoms with Gasteiger partial charge < -0.3 is 33.9 Å². The fourth-order valence-corrected chi connectivity index (χ4v) is 13.6. The second kappa shape index (κ2) is 18.6. The molecule has 1 saturated heterocycles. The monoisotopic (exact) mass is 820 g/mol. The van der Waals surface area contributed by atoms with E-state index in [4.69, 9.17) is 23.9 Å². The molecule has 1 unspecified atom stereocenters. The molecule has 2 aliphatic rings. The number of fused-ring (bicyclic) bond motifs is 2. The van der Waals surface area contributed by atoms with Crippen LogP contribution in [0.2, 0.25) is 5.04 Å². The van der Waals surface area contributed by atoms with Crippen LogP contribution in [0.5, 0.6) is 11.8 Å². The lowest BCUT2D eigenvalue weighted by Crippen LogP contribution is -2.66. The van der Waals surface area contributed by atoms with Gasteiger partial charge in [-0.1, -0.05) is 136 Å². The normalized spacial score (nSPS) is 15.9. The van der Waals surface area contributed by atoms with E-state index in [2.05, 4.69) is 176 Å². The SMILES string of the molecule is CN(C)CCOc1nc2c(c(N3CCNCC3CCO[Si](c3ccccc3)(c3ccccc3)C(C)(C)C)n1)CCN(c1cc(OCc3ccccc3)cc3ccccc13)C2. The molecule has 0 spiro atoms. The predicted octanol–water partition coefficient (Wildman–Crippen LogP) is 7.46. The van der Waals surface area contributed by atoms with Gasteiger partial charge in [0.25, 0.3) is 8.32 Å². The maximum Gasteiger partial charge on any atom is 0.318 e. The minimum absolute atomic E-state index is 0.0878. The van der Waals surface area contributed by atoms with E-state index in [1.165, 1.54) is 21.3 Å². The van der Waals surface area contributed by atoms with Gasteiger partial charge in [-0.25, -0.2) is 0 Å². The molecular weight excluding hydrogens is 761 g/mol. The van der Waals surface area contributed by atoms with Crippen molar-refractivity contribution in [3.63, 3.8) is 0 Å². The average molecular weight is 821 g/mol. The van der Waals surface area contributed by atoms with E-state index < -0.39 is 8.32 Å². The topological polar surface area (TPSA) is 75.2 Å². The lowest BCUT2D eigenvalue weighted by atomic mass is 10.0. The summed E-state index contributed by atoms with van der Waals surface area (Å²) in [5, 5.41) is 8.58. The van der Waals surface area contributed by atoms with E-state index in [9.17, 15) is 0 Å². The molecule has 3 heterocycles. The highest BCUT2D eigenvalue weighted by Crippen LogP contribution is 2.39. The van der Waals surface area contributed by atoms with E-state index in [0.717, 1.165) is 79.5 Å². The van der Waals surface area contributed by atoms with E-state index >= 15 is 0 Å². The number of nitrogens with one attached hydrogen (secondary N) is 1. The first-order chi connectivity index (χ1) is 29.2. The number of benzene rings is 5. The maximum atomic E-state index is 7.42. The molecular formula is C50H60N6O3Si. The number of rotatable bonds is 15. The predicted molar refractivity (Wildman–Crippen MR) is 248 cm³/mol. The summed E-state index contributed by atoms with van der Waals surface area (Å²) in [6, 6.07) is 45.8. The van der Waals surface area contributed by atoms with Crippen LogP contribution in [0.3, 0.4) is 0 Å². The molecule has 60 heavy (non-hydrogen) atoms. The first kappa shape index (κ1) is 41.5. The molecule has 0 saturated carbocycles. The van der Waals surface area contributed by atoms with Crippen LogP contribution in [0.1, 0.15) is 44.0 Å². The first-order valence-electron chi connectivity index (χ1n) is 21.5. The summed E-state index contributed by atoms with van der Waals surface area (Å²) in [6.45, 7) is 13.6. The summed E-state index contributed by atoms with van der Waals surface area (Å²) in [4.78, 5) is 17.5. The quantitative estimate of drug-likeness (QED) is 0.106. The fourth-order valence-electron chi connectivity index (χ4n) is 8.97. The standard InChI is InChI=1S/C50H60N6O3Si/c1-50(2,3)60(42-20-11-7-12-21-42,43-22-13-8-14-23-43)59-31-26-40-35-51-27-29-56(40)48-45-25-28-55(36-46(45)52-49(53-48)57-32-30-54(4)5)47-34-41(33-39-19-15-16-24-44(39)47)58-37-38-17-9-6-10-18-38/h6-24,33-34,40,51H,25-32,35-37H2,1-5H3. The Kier molecular flexibility index (Phi) is 12.8. The van der Waals surface area contributed by atoms with Crippen LogP contribution in [0, 0.1) is 0 Å². The van der Waals surface area contributed by atoms with Crippen LogP contribution in [0.15, 0.2) is 127 Å². The van der Waals surface area contributed by atoms with Crippen LogP contribution in [0.25, 0.3) is 10.8 Å². The Bertz CT molecular complexity index is 2280. The molecule has 312 valence electrons. The molecule has 0 bridgehead atoms.